The second-order valence-electron chi connectivity index (χ2n) is 4.01. The average molecular weight is 308 g/mol. The van der Waals surface area contributed by atoms with Gasteiger partial charge >= 0.3 is 5.97 Å². The molecule has 2 aromatic carbocycles. The maximum Gasteiger partial charge on any atom is 0.339 e. The lowest BCUT2D eigenvalue weighted by atomic mass is 10.2. The van der Waals surface area contributed by atoms with E-state index in [4.69, 9.17) is 22.1 Å². The van der Waals surface area contributed by atoms with Crippen LogP contribution in [0.3, 0.4) is 0 Å². The summed E-state index contributed by atoms with van der Waals surface area (Å²) in [5.74, 6) is 0.242. The lowest BCUT2D eigenvalue weighted by Crippen LogP contribution is -2.09. The Hall–Kier alpha value is -1.65. The summed E-state index contributed by atoms with van der Waals surface area (Å²) >= 11 is 7.60. The highest BCUT2D eigenvalue weighted by Crippen LogP contribution is 2.24. The third kappa shape index (κ3) is 3.92. The van der Waals surface area contributed by atoms with Gasteiger partial charge in [0, 0.05) is 10.6 Å². The summed E-state index contributed by atoms with van der Waals surface area (Å²) < 4.78 is 5.19. The number of carbonyl (C=O) groups is 1. The number of halogens is 1. The average Bonchev–Trinajstić information content (AvgIpc) is 2.47. The minimum absolute atomic E-state index is 0.244. The Bertz CT molecular complexity index is 590. The highest BCUT2D eigenvalue weighted by atomic mass is 35.5. The molecule has 0 atom stereocenters. The van der Waals surface area contributed by atoms with Crippen LogP contribution in [0.1, 0.15) is 10.4 Å². The van der Waals surface area contributed by atoms with Gasteiger partial charge in [0.1, 0.15) is 6.61 Å². The molecule has 2 rings (SSSR count). The number of ether oxygens (including phenoxy) is 1. The predicted octanol–water partition coefficient (Wildman–Crippen LogP) is 3.87. The van der Waals surface area contributed by atoms with Gasteiger partial charge in [-0.25, -0.2) is 4.79 Å². The van der Waals surface area contributed by atoms with E-state index in [1.807, 2.05) is 30.3 Å². The number of carbonyl (C=O) groups excluding carboxylic acids is 1. The second-order valence-corrected chi connectivity index (χ2v) is 5.55. The molecular weight excluding hydrogens is 294 g/mol. The molecule has 0 aliphatic carbocycles. The van der Waals surface area contributed by atoms with E-state index in [1.165, 1.54) is 0 Å². The molecule has 2 N–H and O–H groups in total. The van der Waals surface area contributed by atoms with Crippen LogP contribution < -0.4 is 5.73 Å². The van der Waals surface area contributed by atoms with Crippen LogP contribution in [0.15, 0.2) is 53.4 Å². The van der Waals surface area contributed by atoms with Crippen LogP contribution in [0.2, 0.25) is 5.02 Å². The molecule has 0 saturated heterocycles. The second kappa shape index (κ2) is 7.22. The third-order valence-corrected chi connectivity index (χ3v) is 3.98. The van der Waals surface area contributed by atoms with Crippen LogP contribution in [-0.2, 0) is 4.74 Å². The number of nitrogen functional groups attached to an aromatic ring is 1. The molecular formula is C15H14ClNO2S. The molecule has 20 heavy (non-hydrogen) atoms. The van der Waals surface area contributed by atoms with Crippen molar-refractivity contribution in [1.82, 2.24) is 0 Å². The Morgan fingerprint density at radius 1 is 1.15 bits per heavy atom. The van der Waals surface area contributed by atoms with Crippen LogP contribution >= 0.6 is 23.4 Å². The number of hydrogen-bond donors (Lipinski definition) is 1. The molecule has 0 aliphatic rings. The zero-order valence-corrected chi connectivity index (χ0v) is 12.3. The van der Waals surface area contributed by atoms with E-state index < -0.39 is 5.97 Å². The van der Waals surface area contributed by atoms with Crippen LogP contribution in [0, 0.1) is 0 Å². The summed E-state index contributed by atoms with van der Waals surface area (Å²) in [6.45, 7) is 0.323. The van der Waals surface area contributed by atoms with Crippen molar-refractivity contribution in [3.05, 3.63) is 59.1 Å². The topological polar surface area (TPSA) is 52.3 Å². The molecule has 0 aromatic heterocycles. The van der Waals surface area contributed by atoms with Gasteiger partial charge in [0.25, 0.3) is 0 Å². The molecule has 0 bridgehead atoms. The Balaban J connectivity index is 1.82. The maximum atomic E-state index is 11.9. The number of thioether (sulfide) groups is 1. The summed E-state index contributed by atoms with van der Waals surface area (Å²) in [6.07, 6.45) is 0. The number of esters is 1. The number of hydrogen-bond acceptors (Lipinski definition) is 4. The first-order valence-electron chi connectivity index (χ1n) is 6.07. The van der Waals surface area contributed by atoms with Gasteiger partial charge in [0.15, 0.2) is 0 Å². The Morgan fingerprint density at radius 2 is 1.90 bits per heavy atom. The highest BCUT2D eigenvalue weighted by molar-refractivity contribution is 7.99. The lowest BCUT2D eigenvalue weighted by molar-refractivity contribution is 0.0530. The summed E-state index contributed by atoms with van der Waals surface area (Å²) in [5.41, 5.74) is 6.32. The van der Waals surface area contributed by atoms with E-state index in [2.05, 4.69) is 0 Å². The molecule has 0 amide bonds. The molecule has 0 fully saturated rings. The monoisotopic (exact) mass is 307 g/mol. The van der Waals surface area contributed by atoms with Crippen molar-refractivity contribution >= 4 is 35.0 Å². The van der Waals surface area contributed by atoms with Gasteiger partial charge in [-0.15, -0.1) is 11.8 Å². The summed E-state index contributed by atoms with van der Waals surface area (Å²) in [5, 5.41) is 0.244. The molecule has 2 aromatic rings. The van der Waals surface area contributed by atoms with Crippen molar-refractivity contribution in [3.63, 3.8) is 0 Å². The molecule has 0 unspecified atom stereocenters. The fraction of sp³-hybridized carbons (Fsp3) is 0.133. The molecule has 0 heterocycles. The molecule has 3 nitrogen and oxygen atoms in total. The van der Waals surface area contributed by atoms with Crippen LogP contribution in [-0.4, -0.2) is 18.3 Å². The zero-order valence-electron chi connectivity index (χ0n) is 10.7. The van der Waals surface area contributed by atoms with E-state index in [-0.39, 0.29) is 5.02 Å². The van der Waals surface area contributed by atoms with Crippen molar-refractivity contribution < 1.29 is 9.53 Å². The minimum Gasteiger partial charge on any atom is -0.461 e. The fourth-order valence-corrected chi connectivity index (χ4v) is 2.55. The number of benzene rings is 2. The first-order chi connectivity index (χ1) is 9.68. The number of rotatable bonds is 5. The lowest BCUT2D eigenvalue weighted by Gasteiger charge is -2.07. The smallest absolute Gasteiger partial charge is 0.339 e. The quantitative estimate of drug-likeness (QED) is 0.394. The van der Waals surface area contributed by atoms with Crippen molar-refractivity contribution in [2.45, 2.75) is 4.90 Å². The van der Waals surface area contributed by atoms with Gasteiger partial charge in [-0.1, -0.05) is 35.9 Å². The largest absolute Gasteiger partial charge is 0.461 e. The molecule has 104 valence electrons. The molecule has 0 radical (unpaired) electrons. The predicted molar refractivity (Wildman–Crippen MR) is 83.3 cm³/mol. The van der Waals surface area contributed by atoms with Crippen molar-refractivity contribution in [2.24, 2.45) is 0 Å². The standard InChI is InChI=1S/C15H14ClNO2S/c16-14-12(7-4-8-13(14)17)15(18)19-9-10-20-11-5-2-1-3-6-11/h1-8H,9-10,17H2. The van der Waals surface area contributed by atoms with Crippen LogP contribution in [0.25, 0.3) is 0 Å². The molecule has 0 aliphatic heterocycles. The summed E-state index contributed by atoms with van der Waals surface area (Å²) in [7, 11) is 0. The van der Waals surface area contributed by atoms with Gasteiger partial charge < -0.3 is 10.5 Å². The van der Waals surface area contributed by atoms with Crippen molar-refractivity contribution in [1.29, 1.82) is 0 Å². The molecule has 0 saturated carbocycles. The Morgan fingerprint density at radius 3 is 2.65 bits per heavy atom. The van der Waals surface area contributed by atoms with Gasteiger partial charge in [-0.3, -0.25) is 0 Å². The normalized spacial score (nSPS) is 10.2. The maximum absolute atomic E-state index is 11.9. The van der Waals surface area contributed by atoms with Crippen LogP contribution in [0.4, 0.5) is 5.69 Å². The van der Waals surface area contributed by atoms with Crippen LogP contribution in [0.5, 0.6) is 0 Å². The summed E-state index contributed by atoms with van der Waals surface area (Å²) in [6, 6.07) is 14.9. The van der Waals surface area contributed by atoms with E-state index in [0.717, 1.165) is 4.90 Å². The zero-order chi connectivity index (χ0) is 14.4. The fourth-order valence-electron chi connectivity index (χ4n) is 1.60. The molecule has 5 heteroatoms. The van der Waals surface area contributed by atoms with Crippen molar-refractivity contribution in [2.75, 3.05) is 18.1 Å². The van der Waals surface area contributed by atoms with Gasteiger partial charge in [0.2, 0.25) is 0 Å². The highest BCUT2D eigenvalue weighted by Gasteiger charge is 2.13. The minimum atomic E-state index is -0.448. The van der Waals surface area contributed by atoms with E-state index in [1.54, 1.807) is 30.0 Å². The van der Waals surface area contributed by atoms with E-state index in [0.29, 0.717) is 23.6 Å². The van der Waals surface area contributed by atoms with Gasteiger partial charge in [0.05, 0.1) is 16.3 Å². The first kappa shape index (κ1) is 14.8. The first-order valence-corrected chi connectivity index (χ1v) is 7.44. The third-order valence-electron chi connectivity index (χ3n) is 2.58. The summed E-state index contributed by atoms with van der Waals surface area (Å²) in [4.78, 5) is 13.0. The van der Waals surface area contributed by atoms with Gasteiger partial charge in [-0.2, -0.15) is 0 Å². The number of anilines is 1. The van der Waals surface area contributed by atoms with E-state index in [9.17, 15) is 4.79 Å². The van der Waals surface area contributed by atoms with Crippen molar-refractivity contribution in [3.8, 4) is 0 Å². The number of nitrogens with two attached hydrogens (primary N) is 1. The Labute approximate surface area is 127 Å². The van der Waals surface area contributed by atoms with Gasteiger partial charge in [-0.05, 0) is 24.3 Å². The molecule has 0 spiro atoms. The SMILES string of the molecule is Nc1cccc(C(=O)OCCSc2ccccc2)c1Cl. The van der Waals surface area contributed by atoms with E-state index >= 15 is 0 Å². The Kier molecular flexibility index (Phi) is 5.32.